The lowest BCUT2D eigenvalue weighted by Crippen LogP contribution is -2.44. The second-order valence-corrected chi connectivity index (χ2v) is 7.88. The Bertz CT molecular complexity index is 456. The third-order valence-electron chi connectivity index (χ3n) is 2.89. The van der Waals surface area contributed by atoms with E-state index in [1.54, 1.807) is 0 Å². The van der Waals surface area contributed by atoms with Crippen LogP contribution in [0.4, 0.5) is 0 Å². The molecule has 0 N–H and O–H groups in total. The summed E-state index contributed by atoms with van der Waals surface area (Å²) in [6, 6.07) is 5.58. The largest absolute Gasteiger partial charge is 0.336 e. The fraction of sp³-hybridized carbons (Fsp3) is 0.462. The van der Waals surface area contributed by atoms with Crippen LogP contribution in [-0.4, -0.2) is 34.4 Å². The number of halogens is 1. The van der Waals surface area contributed by atoms with Gasteiger partial charge in [0.2, 0.25) is 0 Å². The molecule has 1 aliphatic rings. The van der Waals surface area contributed by atoms with Gasteiger partial charge in [0.25, 0.3) is 5.91 Å². The minimum atomic E-state index is 0.0942. The molecule has 98 valence electrons. The summed E-state index contributed by atoms with van der Waals surface area (Å²) in [5.41, 5.74) is 0.703. The highest BCUT2D eigenvalue weighted by atomic mass is 79.9. The third kappa shape index (κ3) is 3.25. The fourth-order valence-electron chi connectivity index (χ4n) is 2.19. The number of amides is 1. The van der Waals surface area contributed by atoms with E-state index in [1.807, 2.05) is 34.9 Å². The van der Waals surface area contributed by atoms with Gasteiger partial charge >= 0.3 is 0 Å². The van der Waals surface area contributed by atoms with Gasteiger partial charge in [0.1, 0.15) is 0 Å². The van der Waals surface area contributed by atoms with Crippen molar-refractivity contribution in [1.29, 1.82) is 0 Å². The van der Waals surface area contributed by atoms with Gasteiger partial charge in [-0.3, -0.25) is 4.79 Å². The molecule has 1 heterocycles. The zero-order valence-electron chi connectivity index (χ0n) is 10.4. The quantitative estimate of drug-likeness (QED) is 0.783. The van der Waals surface area contributed by atoms with Crippen LogP contribution in [0.15, 0.2) is 27.6 Å². The summed E-state index contributed by atoms with van der Waals surface area (Å²) in [6.07, 6.45) is 0. The SMILES string of the molecule is CC1CN(C(=O)c2cc(S)ccc2Br)CC(C)S1. The standard InChI is InChI=1S/C13H16BrNOS2/c1-8-6-15(7-9(2)18-8)13(16)11-5-10(17)3-4-12(11)14/h3-5,8-9,17H,6-7H2,1-2H3. The minimum Gasteiger partial charge on any atom is -0.336 e. The minimum absolute atomic E-state index is 0.0942. The summed E-state index contributed by atoms with van der Waals surface area (Å²) < 4.78 is 0.837. The van der Waals surface area contributed by atoms with E-state index in [0.29, 0.717) is 16.1 Å². The van der Waals surface area contributed by atoms with Gasteiger partial charge in [-0.1, -0.05) is 13.8 Å². The average molecular weight is 346 g/mol. The lowest BCUT2D eigenvalue weighted by Gasteiger charge is -2.34. The Labute approximate surface area is 126 Å². The molecule has 0 radical (unpaired) electrons. The van der Waals surface area contributed by atoms with Crippen molar-refractivity contribution in [3.63, 3.8) is 0 Å². The van der Waals surface area contributed by atoms with E-state index in [-0.39, 0.29) is 5.91 Å². The first kappa shape index (κ1) is 14.3. The topological polar surface area (TPSA) is 20.3 Å². The Balaban J connectivity index is 2.22. The summed E-state index contributed by atoms with van der Waals surface area (Å²) in [5, 5.41) is 0.992. The Morgan fingerprint density at radius 1 is 1.39 bits per heavy atom. The summed E-state index contributed by atoms with van der Waals surface area (Å²) in [5.74, 6) is 0.0942. The predicted octanol–water partition coefficient (Wildman–Crippen LogP) is 3.70. The Hall–Kier alpha value is -0.130. The molecule has 1 saturated heterocycles. The van der Waals surface area contributed by atoms with Crippen molar-refractivity contribution >= 4 is 46.2 Å². The van der Waals surface area contributed by atoms with Crippen molar-refractivity contribution in [3.05, 3.63) is 28.2 Å². The molecule has 0 aromatic heterocycles. The normalized spacial score (nSPS) is 24.1. The second-order valence-electron chi connectivity index (χ2n) is 4.63. The highest BCUT2D eigenvalue weighted by Crippen LogP contribution is 2.28. The zero-order chi connectivity index (χ0) is 13.3. The maximum atomic E-state index is 12.5. The van der Waals surface area contributed by atoms with E-state index in [0.717, 1.165) is 22.5 Å². The van der Waals surface area contributed by atoms with Gasteiger partial charge in [-0.05, 0) is 34.1 Å². The lowest BCUT2D eigenvalue weighted by molar-refractivity contribution is 0.0752. The van der Waals surface area contributed by atoms with Gasteiger partial charge in [0.15, 0.2) is 0 Å². The van der Waals surface area contributed by atoms with Gasteiger partial charge in [-0.2, -0.15) is 11.8 Å². The molecule has 0 bridgehead atoms. The monoisotopic (exact) mass is 345 g/mol. The lowest BCUT2D eigenvalue weighted by atomic mass is 10.2. The highest BCUT2D eigenvalue weighted by molar-refractivity contribution is 9.10. The number of thioether (sulfide) groups is 1. The first-order chi connectivity index (χ1) is 8.47. The van der Waals surface area contributed by atoms with Gasteiger partial charge in [-0.15, -0.1) is 12.6 Å². The second kappa shape index (κ2) is 5.88. The van der Waals surface area contributed by atoms with E-state index in [4.69, 9.17) is 0 Å². The van der Waals surface area contributed by atoms with Crippen molar-refractivity contribution in [2.45, 2.75) is 29.2 Å². The van der Waals surface area contributed by atoms with E-state index >= 15 is 0 Å². The highest BCUT2D eigenvalue weighted by Gasteiger charge is 2.27. The molecule has 1 fully saturated rings. The van der Waals surface area contributed by atoms with Crippen LogP contribution in [-0.2, 0) is 0 Å². The molecule has 0 spiro atoms. The number of carbonyl (C=O) groups is 1. The molecular weight excluding hydrogens is 330 g/mol. The Kier molecular flexibility index (Phi) is 4.67. The van der Waals surface area contributed by atoms with Crippen LogP contribution >= 0.6 is 40.3 Å². The van der Waals surface area contributed by atoms with Gasteiger partial charge in [-0.25, -0.2) is 0 Å². The van der Waals surface area contributed by atoms with Crippen LogP contribution < -0.4 is 0 Å². The van der Waals surface area contributed by atoms with Crippen LogP contribution in [0.3, 0.4) is 0 Å². The van der Waals surface area contributed by atoms with E-state index < -0.39 is 0 Å². The fourth-order valence-corrected chi connectivity index (χ4v) is 4.14. The van der Waals surface area contributed by atoms with Crippen LogP contribution in [0.25, 0.3) is 0 Å². The van der Waals surface area contributed by atoms with Crippen LogP contribution in [0.5, 0.6) is 0 Å². The molecule has 2 nitrogen and oxygen atoms in total. The van der Waals surface area contributed by atoms with E-state index in [1.165, 1.54) is 0 Å². The smallest absolute Gasteiger partial charge is 0.255 e. The zero-order valence-corrected chi connectivity index (χ0v) is 13.7. The van der Waals surface area contributed by atoms with Crippen molar-refractivity contribution < 1.29 is 4.79 Å². The van der Waals surface area contributed by atoms with Crippen molar-refractivity contribution in [1.82, 2.24) is 4.90 Å². The number of hydrogen-bond acceptors (Lipinski definition) is 3. The summed E-state index contributed by atoms with van der Waals surface area (Å²) in [7, 11) is 0. The van der Waals surface area contributed by atoms with Crippen LogP contribution in [0, 0.1) is 0 Å². The van der Waals surface area contributed by atoms with Gasteiger partial charge < -0.3 is 4.90 Å². The molecule has 0 saturated carbocycles. The number of nitrogens with zero attached hydrogens (tertiary/aromatic N) is 1. The van der Waals surface area contributed by atoms with Gasteiger partial charge in [0.05, 0.1) is 5.56 Å². The molecular formula is C13H16BrNOS2. The van der Waals surface area contributed by atoms with E-state index in [9.17, 15) is 4.79 Å². The van der Waals surface area contributed by atoms with Crippen LogP contribution in [0.1, 0.15) is 24.2 Å². The summed E-state index contributed by atoms with van der Waals surface area (Å²) in [6.45, 7) is 5.98. The number of hydrogen-bond donors (Lipinski definition) is 1. The molecule has 1 aliphatic heterocycles. The van der Waals surface area contributed by atoms with Gasteiger partial charge in [0, 0.05) is 33.0 Å². The first-order valence-corrected chi connectivity index (χ1v) is 8.09. The first-order valence-electron chi connectivity index (χ1n) is 5.90. The molecule has 18 heavy (non-hydrogen) atoms. The maximum absolute atomic E-state index is 12.5. The number of benzene rings is 1. The van der Waals surface area contributed by atoms with Crippen LogP contribution in [0.2, 0.25) is 0 Å². The molecule has 5 heteroatoms. The molecule has 1 amide bonds. The molecule has 2 rings (SSSR count). The van der Waals surface area contributed by atoms with E-state index in [2.05, 4.69) is 42.4 Å². The molecule has 1 aromatic carbocycles. The third-order valence-corrected chi connectivity index (χ3v) is 5.08. The molecule has 1 aromatic rings. The summed E-state index contributed by atoms with van der Waals surface area (Å²) >= 11 is 9.68. The average Bonchev–Trinajstić information content (AvgIpc) is 2.30. The number of rotatable bonds is 1. The summed E-state index contributed by atoms with van der Waals surface area (Å²) in [4.78, 5) is 15.3. The van der Waals surface area contributed by atoms with Crippen molar-refractivity contribution in [2.24, 2.45) is 0 Å². The Morgan fingerprint density at radius 2 is 2.00 bits per heavy atom. The molecule has 2 atom stereocenters. The van der Waals surface area contributed by atoms with Crippen molar-refractivity contribution in [2.75, 3.05) is 13.1 Å². The van der Waals surface area contributed by atoms with Crippen molar-refractivity contribution in [3.8, 4) is 0 Å². The Morgan fingerprint density at radius 3 is 2.61 bits per heavy atom. The maximum Gasteiger partial charge on any atom is 0.255 e. The predicted molar refractivity (Wildman–Crippen MR) is 83.8 cm³/mol. The number of carbonyl (C=O) groups excluding carboxylic acids is 1. The molecule has 0 aliphatic carbocycles. The number of thiol groups is 1. The molecule has 2 unspecified atom stereocenters.